The average molecular weight is 247 g/mol. The van der Waals surface area contributed by atoms with Crippen LogP contribution >= 0.6 is 11.8 Å². The van der Waals surface area contributed by atoms with Gasteiger partial charge in [0.25, 0.3) is 0 Å². The van der Waals surface area contributed by atoms with E-state index in [0.717, 1.165) is 12.3 Å². The van der Waals surface area contributed by atoms with Crippen LogP contribution in [-0.2, 0) is 0 Å². The van der Waals surface area contributed by atoms with Crippen LogP contribution in [0.3, 0.4) is 0 Å². The smallest absolute Gasteiger partial charge is 0.125 e. The summed E-state index contributed by atoms with van der Waals surface area (Å²) in [5.74, 6) is 0.962. The van der Waals surface area contributed by atoms with Crippen LogP contribution < -0.4 is 5.32 Å². The lowest BCUT2D eigenvalue weighted by molar-refractivity contribution is 0.452. The average Bonchev–Trinajstić information content (AvgIpc) is 2.90. The van der Waals surface area contributed by atoms with E-state index in [9.17, 15) is 0 Å². The molecule has 3 heteroatoms. The quantitative estimate of drug-likeness (QED) is 0.816. The Kier molecular flexibility index (Phi) is 4.29. The Hall–Kier alpha value is -1.19. The summed E-state index contributed by atoms with van der Waals surface area (Å²) in [7, 11) is 0. The molecule has 0 saturated heterocycles. The fourth-order valence-corrected chi connectivity index (χ4v) is 2.25. The summed E-state index contributed by atoms with van der Waals surface area (Å²) >= 11 is 1.76. The van der Waals surface area contributed by atoms with Crippen molar-refractivity contribution in [3.63, 3.8) is 0 Å². The van der Waals surface area contributed by atoms with Crippen LogP contribution in [0.25, 0.3) is 0 Å². The van der Waals surface area contributed by atoms with E-state index in [-0.39, 0.29) is 6.04 Å². The lowest BCUT2D eigenvalue weighted by atomic mass is 10.0. The summed E-state index contributed by atoms with van der Waals surface area (Å²) in [6.45, 7) is 3.02. The normalized spacial score (nSPS) is 12.6. The summed E-state index contributed by atoms with van der Waals surface area (Å²) in [5.41, 5.74) is 1.24. The molecule has 2 rings (SSSR count). The van der Waals surface area contributed by atoms with E-state index in [1.165, 1.54) is 10.5 Å². The number of hydrogen-bond acceptors (Lipinski definition) is 3. The maximum Gasteiger partial charge on any atom is 0.125 e. The monoisotopic (exact) mass is 247 g/mol. The van der Waals surface area contributed by atoms with E-state index in [4.69, 9.17) is 4.42 Å². The predicted molar refractivity (Wildman–Crippen MR) is 72.5 cm³/mol. The molecule has 0 aliphatic heterocycles. The van der Waals surface area contributed by atoms with Crippen molar-refractivity contribution in [3.05, 3.63) is 54.0 Å². The van der Waals surface area contributed by atoms with E-state index in [2.05, 4.69) is 42.8 Å². The maximum absolute atomic E-state index is 5.49. The van der Waals surface area contributed by atoms with E-state index >= 15 is 0 Å². The lowest BCUT2D eigenvalue weighted by Crippen LogP contribution is -2.21. The van der Waals surface area contributed by atoms with Gasteiger partial charge in [0.15, 0.2) is 0 Å². The van der Waals surface area contributed by atoms with E-state index < -0.39 is 0 Å². The highest BCUT2D eigenvalue weighted by atomic mass is 32.2. The minimum absolute atomic E-state index is 0.144. The van der Waals surface area contributed by atoms with Gasteiger partial charge in [0, 0.05) is 4.90 Å². The Morgan fingerprint density at radius 1 is 1.24 bits per heavy atom. The second-order valence-electron chi connectivity index (χ2n) is 3.78. The van der Waals surface area contributed by atoms with Gasteiger partial charge in [-0.1, -0.05) is 19.1 Å². The first-order valence-corrected chi connectivity index (χ1v) is 6.98. The standard InChI is InChI=1S/C14H17NOS/c1-3-15-14(13-5-4-10-16-13)11-6-8-12(17-2)9-7-11/h4-10,14-15H,3H2,1-2H3. The Bertz CT molecular complexity index is 436. The zero-order chi connectivity index (χ0) is 12.1. The fourth-order valence-electron chi connectivity index (χ4n) is 1.84. The molecule has 0 spiro atoms. The molecule has 0 saturated carbocycles. The van der Waals surface area contributed by atoms with Gasteiger partial charge >= 0.3 is 0 Å². The topological polar surface area (TPSA) is 25.2 Å². The number of rotatable bonds is 5. The van der Waals surface area contributed by atoms with Crippen LogP contribution in [0.2, 0.25) is 0 Å². The molecule has 0 aliphatic rings. The summed E-state index contributed by atoms with van der Waals surface area (Å²) in [6, 6.07) is 12.7. The van der Waals surface area contributed by atoms with Gasteiger partial charge < -0.3 is 9.73 Å². The zero-order valence-corrected chi connectivity index (χ0v) is 11.0. The van der Waals surface area contributed by atoms with Gasteiger partial charge in [0.05, 0.1) is 12.3 Å². The molecule has 0 aliphatic carbocycles. The highest BCUT2D eigenvalue weighted by Crippen LogP contribution is 2.24. The highest BCUT2D eigenvalue weighted by molar-refractivity contribution is 7.98. The Balaban J connectivity index is 2.26. The minimum atomic E-state index is 0.144. The Morgan fingerprint density at radius 3 is 2.53 bits per heavy atom. The Labute approximate surface area is 106 Å². The summed E-state index contributed by atoms with van der Waals surface area (Å²) in [4.78, 5) is 1.28. The van der Waals surface area contributed by atoms with Crippen LogP contribution in [0.5, 0.6) is 0 Å². The van der Waals surface area contributed by atoms with Crippen molar-refractivity contribution in [2.45, 2.75) is 17.9 Å². The molecule has 0 bridgehead atoms. The highest BCUT2D eigenvalue weighted by Gasteiger charge is 2.15. The number of furan rings is 1. The molecule has 1 heterocycles. The SMILES string of the molecule is CCNC(c1ccc(SC)cc1)c1ccco1. The van der Waals surface area contributed by atoms with Crippen molar-refractivity contribution in [1.82, 2.24) is 5.32 Å². The third-order valence-corrected chi connectivity index (χ3v) is 3.43. The largest absolute Gasteiger partial charge is 0.467 e. The fraction of sp³-hybridized carbons (Fsp3) is 0.286. The molecule has 1 N–H and O–H groups in total. The van der Waals surface area contributed by atoms with Crippen LogP contribution in [0.1, 0.15) is 24.3 Å². The maximum atomic E-state index is 5.49. The first kappa shape index (κ1) is 12.3. The van der Waals surface area contributed by atoms with Gasteiger partial charge in [-0.3, -0.25) is 0 Å². The third-order valence-electron chi connectivity index (χ3n) is 2.69. The molecule has 2 nitrogen and oxygen atoms in total. The van der Waals surface area contributed by atoms with Gasteiger partial charge in [0.2, 0.25) is 0 Å². The van der Waals surface area contributed by atoms with Gasteiger partial charge in [-0.2, -0.15) is 0 Å². The molecule has 0 amide bonds. The van der Waals surface area contributed by atoms with Crippen LogP contribution in [0.15, 0.2) is 52.0 Å². The molecule has 90 valence electrons. The summed E-state index contributed by atoms with van der Waals surface area (Å²) < 4.78 is 5.49. The summed E-state index contributed by atoms with van der Waals surface area (Å²) in [5, 5.41) is 3.44. The molecular weight excluding hydrogens is 230 g/mol. The van der Waals surface area contributed by atoms with Crippen LogP contribution in [0.4, 0.5) is 0 Å². The summed E-state index contributed by atoms with van der Waals surface area (Å²) in [6.07, 6.45) is 3.80. The molecule has 0 fully saturated rings. The first-order chi connectivity index (χ1) is 8.35. The van der Waals surface area contributed by atoms with E-state index in [1.807, 2.05) is 12.1 Å². The number of nitrogens with one attached hydrogen (secondary N) is 1. The van der Waals surface area contributed by atoms with Crippen molar-refractivity contribution in [2.75, 3.05) is 12.8 Å². The van der Waals surface area contributed by atoms with E-state index in [1.54, 1.807) is 18.0 Å². The second-order valence-corrected chi connectivity index (χ2v) is 4.66. The zero-order valence-electron chi connectivity index (χ0n) is 10.1. The number of hydrogen-bond donors (Lipinski definition) is 1. The molecule has 1 aromatic heterocycles. The van der Waals surface area contributed by atoms with Crippen molar-refractivity contribution in [3.8, 4) is 0 Å². The van der Waals surface area contributed by atoms with Crippen molar-refractivity contribution < 1.29 is 4.42 Å². The van der Waals surface area contributed by atoms with Gasteiger partial charge in [-0.15, -0.1) is 11.8 Å². The number of thioether (sulfide) groups is 1. The third kappa shape index (κ3) is 2.93. The van der Waals surface area contributed by atoms with Crippen molar-refractivity contribution in [2.24, 2.45) is 0 Å². The van der Waals surface area contributed by atoms with Gasteiger partial charge in [0.1, 0.15) is 5.76 Å². The van der Waals surface area contributed by atoms with Gasteiger partial charge in [-0.05, 0) is 42.6 Å². The van der Waals surface area contributed by atoms with Crippen molar-refractivity contribution >= 4 is 11.8 Å². The lowest BCUT2D eigenvalue weighted by Gasteiger charge is -2.16. The van der Waals surface area contributed by atoms with Crippen LogP contribution in [0, 0.1) is 0 Å². The molecule has 1 unspecified atom stereocenters. The molecule has 1 atom stereocenters. The minimum Gasteiger partial charge on any atom is -0.467 e. The Morgan fingerprint density at radius 2 is 2.00 bits per heavy atom. The molecular formula is C14H17NOS. The molecule has 2 aromatic rings. The second kappa shape index (κ2) is 5.94. The molecule has 0 radical (unpaired) electrons. The molecule has 1 aromatic carbocycles. The van der Waals surface area contributed by atoms with Crippen molar-refractivity contribution in [1.29, 1.82) is 0 Å². The van der Waals surface area contributed by atoms with Gasteiger partial charge in [-0.25, -0.2) is 0 Å². The first-order valence-electron chi connectivity index (χ1n) is 5.76. The molecule has 17 heavy (non-hydrogen) atoms. The predicted octanol–water partition coefficient (Wildman–Crippen LogP) is 3.70. The van der Waals surface area contributed by atoms with Crippen LogP contribution in [-0.4, -0.2) is 12.8 Å². The van der Waals surface area contributed by atoms with E-state index in [0.29, 0.717) is 0 Å². The number of benzene rings is 1.